The number of nitrogens with zero attached hydrogens (tertiary/aromatic N) is 1. The van der Waals surface area contributed by atoms with E-state index < -0.39 is 6.09 Å². The third-order valence-electron chi connectivity index (χ3n) is 3.64. The van der Waals surface area contributed by atoms with Crippen LogP contribution >= 0.6 is 0 Å². The Labute approximate surface area is 112 Å². The predicted molar refractivity (Wildman–Crippen MR) is 71.3 cm³/mol. The molecule has 1 aromatic carbocycles. The lowest BCUT2D eigenvalue weighted by atomic mass is 9.77. The molecule has 0 aliphatic heterocycles. The summed E-state index contributed by atoms with van der Waals surface area (Å²) in [7, 11) is 3.22. The lowest BCUT2D eigenvalue weighted by Gasteiger charge is -2.34. The van der Waals surface area contributed by atoms with Crippen molar-refractivity contribution in [2.75, 3.05) is 27.3 Å². The van der Waals surface area contributed by atoms with E-state index in [-0.39, 0.29) is 5.92 Å². The quantitative estimate of drug-likeness (QED) is 0.887. The molecule has 1 aliphatic rings. The third kappa shape index (κ3) is 2.45. The van der Waals surface area contributed by atoms with Gasteiger partial charge in [-0.05, 0) is 36.6 Å². The van der Waals surface area contributed by atoms with Crippen molar-refractivity contribution in [1.82, 2.24) is 4.90 Å². The number of rotatable bonds is 5. The summed E-state index contributed by atoms with van der Waals surface area (Å²) in [6.07, 6.45) is 0.0239. The van der Waals surface area contributed by atoms with Crippen LogP contribution in [0.15, 0.2) is 12.1 Å². The maximum atomic E-state index is 11.0. The second kappa shape index (κ2) is 5.38. The van der Waals surface area contributed by atoms with Crippen molar-refractivity contribution in [3.8, 4) is 11.5 Å². The van der Waals surface area contributed by atoms with Crippen LogP contribution in [0.5, 0.6) is 11.5 Å². The Balaban J connectivity index is 2.16. The summed E-state index contributed by atoms with van der Waals surface area (Å²) >= 11 is 0. The first kappa shape index (κ1) is 13.5. The Kier molecular flexibility index (Phi) is 3.83. The Morgan fingerprint density at radius 1 is 1.37 bits per heavy atom. The minimum absolute atomic E-state index is 0.255. The van der Waals surface area contributed by atoms with Crippen molar-refractivity contribution in [1.29, 1.82) is 0 Å². The van der Waals surface area contributed by atoms with Crippen molar-refractivity contribution in [2.24, 2.45) is 0 Å². The number of ether oxygens (including phenoxy) is 2. The van der Waals surface area contributed by atoms with Crippen LogP contribution < -0.4 is 9.47 Å². The molecule has 1 amide bonds. The minimum Gasteiger partial charge on any atom is -0.493 e. The average molecular weight is 265 g/mol. The lowest BCUT2D eigenvalue weighted by molar-refractivity contribution is 0.143. The first-order chi connectivity index (χ1) is 9.10. The molecule has 0 bridgehead atoms. The van der Waals surface area contributed by atoms with E-state index in [2.05, 4.69) is 0 Å². The first-order valence-corrected chi connectivity index (χ1v) is 6.33. The van der Waals surface area contributed by atoms with Crippen LogP contribution in [0.25, 0.3) is 0 Å². The molecule has 104 valence electrons. The average Bonchev–Trinajstić information content (AvgIpc) is 2.39. The second-order valence-corrected chi connectivity index (χ2v) is 4.63. The van der Waals surface area contributed by atoms with E-state index in [0.29, 0.717) is 18.8 Å². The molecule has 1 N–H and O–H groups in total. The molecular formula is C14H19NO4. The van der Waals surface area contributed by atoms with Gasteiger partial charge in [-0.1, -0.05) is 0 Å². The molecule has 0 radical (unpaired) electrons. The zero-order chi connectivity index (χ0) is 14.0. The molecular weight excluding hydrogens is 246 g/mol. The van der Waals surface area contributed by atoms with Crippen molar-refractivity contribution in [3.63, 3.8) is 0 Å². The Morgan fingerprint density at radius 2 is 2.00 bits per heavy atom. The molecule has 2 rings (SSSR count). The Morgan fingerprint density at radius 3 is 2.53 bits per heavy atom. The number of benzene rings is 1. The summed E-state index contributed by atoms with van der Waals surface area (Å²) < 4.78 is 10.5. The molecule has 0 spiro atoms. The normalized spacial score (nSPS) is 16.3. The van der Waals surface area contributed by atoms with Gasteiger partial charge in [0.1, 0.15) is 0 Å². The second-order valence-electron chi connectivity index (χ2n) is 4.63. The summed E-state index contributed by atoms with van der Waals surface area (Å²) in [4.78, 5) is 12.5. The van der Waals surface area contributed by atoms with Gasteiger partial charge in [-0.2, -0.15) is 0 Å². The van der Waals surface area contributed by atoms with Gasteiger partial charge in [-0.3, -0.25) is 0 Å². The van der Waals surface area contributed by atoms with E-state index >= 15 is 0 Å². The van der Waals surface area contributed by atoms with Crippen molar-refractivity contribution in [2.45, 2.75) is 19.3 Å². The largest absolute Gasteiger partial charge is 0.493 e. The van der Waals surface area contributed by atoms with Crippen LogP contribution in [-0.4, -0.2) is 43.4 Å². The molecule has 0 heterocycles. The number of carbonyl (C=O) groups is 1. The zero-order valence-corrected chi connectivity index (χ0v) is 11.5. The van der Waals surface area contributed by atoms with Gasteiger partial charge in [-0.15, -0.1) is 0 Å². The number of amides is 1. The van der Waals surface area contributed by atoms with Crippen molar-refractivity contribution >= 4 is 6.09 Å². The van der Waals surface area contributed by atoms with Gasteiger partial charge >= 0.3 is 6.09 Å². The van der Waals surface area contributed by atoms with Gasteiger partial charge in [0.25, 0.3) is 0 Å². The zero-order valence-electron chi connectivity index (χ0n) is 11.5. The van der Waals surface area contributed by atoms with E-state index in [9.17, 15) is 4.79 Å². The lowest BCUT2D eigenvalue weighted by Crippen LogP contribution is -2.36. The molecule has 19 heavy (non-hydrogen) atoms. The van der Waals surface area contributed by atoms with Gasteiger partial charge in [-0.25, -0.2) is 4.79 Å². The van der Waals surface area contributed by atoms with Crippen LogP contribution in [0.1, 0.15) is 24.0 Å². The number of methoxy groups -OCH3 is 2. The van der Waals surface area contributed by atoms with Crippen LogP contribution in [-0.2, 0) is 6.42 Å². The fourth-order valence-electron chi connectivity index (χ4n) is 2.51. The molecule has 0 unspecified atom stereocenters. The summed E-state index contributed by atoms with van der Waals surface area (Å²) in [6.45, 7) is 2.89. The SMILES string of the molecule is CCN(C[C@H]1Cc2cc(OC)c(OC)cc21)C(=O)O. The first-order valence-electron chi connectivity index (χ1n) is 6.33. The number of carboxylic acid groups (broad SMARTS) is 1. The smallest absolute Gasteiger partial charge is 0.407 e. The predicted octanol–water partition coefficient (Wildman–Crippen LogP) is 2.34. The molecule has 1 aromatic rings. The molecule has 5 nitrogen and oxygen atoms in total. The van der Waals surface area contributed by atoms with Crippen LogP contribution in [0.4, 0.5) is 4.79 Å². The summed E-state index contributed by atoms with van der Waals surface area (Å²) in [5.41, 5.74) is 2.38. The third-order valence-corrected chi connectivity index (χ3v) is 3.64. The maximum absolute atomic E-state index is 11.0. The highest BCUT2D eigenvalue weighted by molar-refractivity contribution is 5.65. The fourth-order valence-corrected chi connectivity index (χ4v) is 2.51. The van der Waals surface area contributed by atoms with Crippen LogP contribution in [0, 0.1) is 0 Å². The van der Waals surface area contributed by atoms with E-state index in [1.54, 1.807) is 14.2 Å². The topological polar surface area (TPSA) is 59.0 Å². The Bertz CT molecular complexity index is 487. The van der Waals surface area contributed by atoms with Gasteiger partial charge in [0.05, 0.1) is 14.2 Å². The molecule has 0 aromatic heterocycles. The molecule has 0 saturated carbocycles. The van der Waals surface area contributed by atoms with Gasteiger partial charge in [0, 0.05) is 19.0 Å². The van der Waals surface area contributed by atoms with Crippen LogP contribution in [0.2, 0.25) is 0 Å². The van der Waals surface area contributed by atoms with Gasteiger partial charge in [0.2, 0.25) is 0 Å². The van der Waals surface area contributed by atoms with E-state index in [4.69, 9.17) is 14.6 Å². The number of fused-ring (bicyclic) bond motifs is 1. The summed E-state index contributed by atoms with van der Waals surface area (Å²) in [6, 6.07) is 3.93. The van der Waals surface area contributed by atoms with E-state index in [1.165, 1.54) is 10.5 Å². The van der Waals surface area contributed by atoms with Gasteiger partial charge in [0.15, 0.2) is 11.5 Å². The van der Waals surface area contributed by atoms with E-state index in [0.717, 1.165) is 17.7 Å². The Hall–Kier alpha value is -1.91. The molecule has 5 heteroatoms. The monoisotopic (exact) mass is 265 g/mol. The highest BCUT2D eigenvalue weighted by atomic mass is 16.5. The molecule has 1 aliphatic carbocycles. The number of likely N-dealkylation sites (N-methyl/N-ethyl adjacent to an activating group) is 1. The van der Waals surface area contributed by atoms with Gasteiger partial charge < -0.3 is 19.5 Å². The molecule has 0 saturated heterocycles. The number of hydrogen-bond acceptors (Lipinski definition) is 3. The molecule has 0 fully saturated rings. The standard InChI is InChI=1S/C14H19NO4/c1-4-15(14(16)17)8-10-5-9-6-12(18-2)13(19-3)7-11(9)10/h6-7,10H,4-5,8H2,1-3H3,(H,16,17)/t10-/m1/s1. The minimum atomic E-state index is -0.864. The van der Waals surface area contributed by atoms with Crippen LogP contribution in [0.3, 0.4) is 0 Å². The summed E-state index contributed by atoms with van der Waals surface area (Å²) in [5, 5.41) is 9.05. The maximum Gasteiger partial charge on any atom is 0.407 e. The van der Waals surface area contributed by atoms with E-state index in [1.807, 2.05) is 19.1 Å². The highest BCUT2D eigenvalue weighted by Gasteiger charge is 2.30. The van der Waals surface area contributed by atoms with Crippen molar-refractivity contribution in [3.05, 3.63) is 23.3 Å². The summed E-state index contributed by atoms with van der Waals surface area (Å²) in [5.74, 6) is 1.68. The fraction of sp³-hybridized carbons (Fsp3) is 0.500. The number of hydrogen-bond donors (Lipinski definition) is 1. The van der Waals surface area contributed by atoms with Crippen molar-refractivity contribution < 1.29 is 19.4 Å². The molecule has 1 atom stereocenters. The highest BCUT2D eigenvalue weighted by Crippen LogP contribution is 2.42.